The molecule has 1 aromatic carbocycles. The van der Waals surface area contributed by atoms with Crippen molar-refractivity contribution in [3.8, 4) is 17.2 Å². The third-order valence-corrected chi connectivity index (χ3v) is 2.75. The summed E-state index contributed by atoms with van der Waals surface area (Å²) in [6.07, 6.45) is 0.0579. The highest BCUT2D eigenvalue weighted by Gasteiger charge is 2.21. The Morgan fingerprint density at radius 1 is 1.11 bits per heavy atom. The van der Waals surface area contributed by atoms with E-state index in [1.165, 1.54) is 28.4 Å². The van der Waals surface area contributed by atoms with Gasteiger partial charge < -0.3 is 24.7 Å². The van der Waals surface area contributed by atoms with Gasteiger partial charge in [-0.1, -0.05) is 0 Å². The third kappa shape index (κ3) is 3.29. The van der Waals surface area contributed by atoms with Crippen molar-refractivity contribution in [2.24, 2.45) is 5.73 Å². The molecule has 0 amide bonds. The van der Waals surface area contributed by atoms with Crippen LogP contribution in [-0.4, -0.2) is 34.4 Å². The molecule has 0 aliphatic rings. The van der Waals surface area contributed by atoms with E-state index in [0.29, 0.717) is 22.8 Å². The SMILES string of the molecule is COC(=O)CC(N)c1ccc(OC)c(OC)c1OC. The van der Waals surface area contributed by atoms with E-state index in [0.717, 1.165) is 0 Å². The van der Waals surface area contributed by atoms with Gasteiger partial charge in [-0.25, -0.2) is 0 Å². The van der Waals surface area contributed by atoms with E-state index in [9.17, 15) is 4.79 Å². The number of nitrogens with two attached hydrogens (primary N) is 1. The molecule has 2 N–H and O–H groups in total. The Morgan fingerprint density at radius 3 is 2.21 bits per heavy atom. The number of rotatable bonds is 6. The second-order valence-corrected chi connectivity index (χ2v) is 3.81. The minimum atomic E-state index is -0.540. The van der Waals surface area contributed by atoms with E-state index < -0.39 is 6.04 Å². The molecule has 1 aromatic rings. The van der Waals surface area contributed by atoms with Gasteiger partial charge in [0.2, 0.25) is 5.75 Å². The van der Waals surface area contributed by atoms with Crippen molar-refractivity contribution in [2.45, 2.75) is 12.5 Å². The van der Waals surface area contributed by atoms with Gasteiger partial charge in [-0.15, -0.1) is 0 Å². The number of benzene rings is 1. The zero-order valence-corrected chi connectivity index (χ0v) is 11.6. The summed E-state index contributed by atoms with van der Waals surface area (Å²) < 4.78 is 20.3. The van der Waals surface area contributed by atoms with Gasteiger partial charge in [0.1, 0.15) is 0 Å². The molecule has 6 nitrogen and oxygen atoms in total. The fraction of sp³-hybridized carbons (Fsp3) is 0.462. The van der Waals surface area contributed by atoms with Crippen LogP contribution in [-0.2, 0) is 9.53 Å². The van der Waals surface area contributed by atoms with Gasteiger partial charge in [-0.3, -0.25) is 4.79 Å². The van der Waals surface area contributed by atoms with Crippen LogP contribution in [0.15, 0.2) is 12.1 Å². The van der Waals surface area contributed by atoms with Crippen molar-refractivity contribution in [3.63, 3.8) is 0 Å². The zero-order chi connectivity index (χ0) is 14.4. The molecule has 0 aliphatic carbocycles. The molecule has 6 heteroatoms. The quantitative estimate of drug-likeness (QED) is 0.783. The first-order valence-electron chi connectivity index (χ1n) is 5.70. The lowest BCUT2D eigenvalue weighted by molar-refractivity contribution is -0.141. The van der Waals surface area contributed by atoms with Gasteiger partial charge in [0.15, 0.2) is 11.5 Å². The topological polar surface area (TPSA) is 80.0 Å². The monoisotopic (exact) mass is 269 g/mol. The average molecular weight is 269 g/mol. The van der Waals surface area contributed by atoms with Crippen LogP contribution in [0, 0.1) is 0 Å². The number of carbonyl (C=O) groups is 1. The number of esters is 1. The van der Waals surface area contributed by atoms with E-state index in [1.54, 1.807) is 12.1 Å². The lowest BCUT2D eigenvalue weighted by Gasteiger charge is -2.19. The van der Waals surface area contributed by atoms with Gasteiger partial charge in [-0.05, 0) is 12.1 Å². The number of methoxy groups -OCH3 is 4. The first kappa shape index (κ1) is 15.1. The Hall–Kier alpha value is -1.95. The summed E-state index contributed by atoms with van der Waals surface area (Å²) in [5, 5.41) is 0. The van der Waals surface area contributed by atoms with Crippen LogP contribution >= 0.6 is 0 Å². The molecule has 0 radical (unpaired) electrons. The maximum absolute atomic E-state index is 11.3. The number of carbonyl (C=O) groups excluding carboxylic acids is 1. The smallest absolute Gasteiger partial charge is 0.307 e. The molecule has 0 saturated heterocycles. The standard InChI is InChI=1S/C13H19NO5/c1-16-10-6-5-8(9(14)7-11(15)17-2)12(18-3)13(10)19-4/h5-6,9H,7,14H2,1-4H3. The van der Waals surface area contributed by atoms with Gasteiger partial charge >= 0.3 is 5.97 Å². The van der Waals surface area contributed by atoms with Crippen molar-refractivity contribution < 1.29 is 23.7 Å². The number of ether oxygens (including phenoxy) is 4. The Labute approximate surface area is 112 Å². The third-order valence-electron chi connectivity index (χ3n) is 2.75. The molecule has 0 aliphatic heterocycles. The summed E-state index contributed by atoms with van der Waals surface area (Å²) in [5.41, 5.74) is 6.64. The minimum absolute atomic E-state index is 0.0579. The molecule has 0 bridgehead atoms. The Balaban J connectivity index is 3.17. The maximum Gasteiger partial charge on any atom is 0.307 e. The predicted molar refractivity (Wildman–Crippen MR) is 69.7 cm³/mol. The molecule has 19 heavy (non-hydrogen) atoms. The molecule has 0 aromatic heterocycles. The summed E-state index contributed by atoms with van der Waals surface area (Å²) in [6.45, 7) is 0. The molecule has 1 atom stereocenters. The van der Waals surface area contributed by atoms with Crippen LogP contribution < -0.4 is 19.9 Å². The van der Waals surface area contributed by atoms with Crippen LogP contribution in [0.25, 0.3) is 0 Å². The molecule has 0 fully saturated rings. The summed E-state index contributed by atoms with van der Waals surface area (Å²) in [5.74, 6) is 1.05. The first-order valence-corrected chi connectivity index (χ1v) is 5.70. The fourth-order valence-electron chi connectivity index (χ4n) is 1.79. The molecule has 0 heterocycles. The van der Waals surface area contributed by atoms with Crippen molar-refractivity contribution >= 4 is 5.97 Å². The second kappa shape index (κ2) is 6.84. The number of hydrogen-bond acceptors (Lipinski definition) is 6. The van der Waals surface area contributed by atoms with Crippen LogP contribution in [0.2, 0.25) is 0 Å². The molecular weight excluding hydrogens is 250 g/mol. The molecule has 106 valence electrons. The minimum Gasteiger partial charge on any atom is -0.493 e. The highest BCUT2D eigenvalue weighted by atomic mass is 16.5. The zero-order valence-electron chi connectivity index (χ0n) is 11.6. The van der Waals surface area contributed by atoms with E-state index in [2.05, 4.69) is 4.74 Å². The van der Waals surface area contributed by atoms with E-state index in [1.807, 2.05) is 0 Å². The Morgan fingerprint density at radius 2 is 1.74 bits per heavy atom. The van der Waals surface area contributed by atoms with E-state index >= 15 is 0 Å². The molecule has 1 rings (SSSR count). The lowest BCUT2D eigenvalue weighted by atomic mass is 10.0. The van der Waals surface area contributed by atoms with Crippen molar-refractivity contribution in [3.05, 3.63) is 17.7 Å². The summed E-state index contributed by atoms with van der Waals surface area (Å²) >= 11 is 0. The molecule has 1 unspecified atom stereocenters. The van der Waals surface area contributed by atoms with Crippen molar-refractivity contribution in [1.29, 1.82) is 0 Å². The predicted octanol–water partition coefficient (Wildman–Crippen LogP) is 1.28. The largest absolute Gasteiger partial charge is 0.493 e. The fourth-order valence-corrected chi connectivity index (χ4v) is 1.79. The van der Waals surface area contributed by atoms with Crippen molar-refractivity contribution in [2.75, 3.05) is 28.4 Å². The Bertz CT molecular complexity index is 447. The first-order chi connectivity index (χ1) is 9.08. The average Bonchev–Trinajstić information content (AvgIpc) is 2.44. The van der Waals surface area contributed by atoms with Crippen LogP contribution in [0.5, 0.6) is 17.2 Å². The normalized spacial score (nSPS) is 11.6. The summed E-state index contributed by atoms with van der Waals surface area (Å²) in [7, 11) is 5.87. The second-order valence-electron chi connectivity index (χ2n) is 3.81. The number of hydrogen-bond donors (Lipinski definition) is 1. The van der Waals surface area contributed by atoms with Crippen LogP contribution in [0.3, 0.4) is 0 Å². The Kier molecular flexibility index (Phi) is 5.44. The molecular formula is C13H19NO5. The lowest BCUT2D eigenvalue weighted by Crippen LogP contribution is -2.17. The van der Waals surface area contributed by atoms with Gasteiger partial charge in [-0.2, -0.15) is 0 Å². The van der Waals surface area contributed by atoms with Gasteiger partial charge in [0.25, 0.3) is 0 Å². The van der Waals surface area contributed by atoms with Crippen LogP contribution in [0.4, 0.5) is 0 Å². The summed E-state index contributed by atoms with van der Waals surface area (Å²) in [6, 6.07) is 2.92. The summed E-state index contributed by atoms with van der Waals surface area (Å²) in [4.78, 5) is 11.3. The van der Waals surface area contributed by atoms with E-state index in [4.69, 9.17) is 19.9 Å². The van der Waals surface area contributed by atoms with E-state index in [-0.39, 0.29) is 12.4 Å². The molecule has 0 saturated carbocycles. The van der Waals surface area contributed by atoms with Crippen molar-refractivity contribution in [1.82, 2.24) is 0 Å². The highest BCUT2D eigenvalue weighted by Crippen LogP contribution is 2.42. The van der Waals surface area contributed by atoms with Gasteiger partial charge in [0, 0.05) is 11.6 Å². The molecule has 0 spiro atoms. The van der Waals surface area contributed by atoms with Gasteiger partial charge in [0.05, 0.1) is 34.9 Å². The van der Waals surface area contributed by atoms with Crippen LogP contribution in [0.1, 0.15) is 18.0 Å². The maximum atomic E-state index is 11.3. The highest BCUT2D eigenvalue weighted by molar-refractivity contribution is 5.71.